The lowest BCUT2D eigenvalue weighted by Crippen LogP contribution is -2.23. The fourth-order valence-electron chi connectivity index (χ4n) is 2.39. The summed E-state index contributed by atoms with van der Waals surface area (Å²) in [4.78, 5) is 16.4. The Balaban J connectivity index is 1.51. The van der Waals surface area contributed by atoms with Gasteiger partial charge in [-0.05, 0) is 42.3 Å². The fourth-order valence-corrected chi connectivity index (χ4v) is 2.52. The number of nitrogens with one attached hydrogen (secondary N) is 1. The van der Waals surface area contributed by atoms with E-state index >= 15 is 0 Å². The first-order chi connectivity index (χ1) is 11.6. The summed E-state index contributed by atoms with van der Waals surface area (Å²) >= 11 is 5.83. The van der Waals surface area contributed by atoms with Crippen molar-refractivity contribution in [3.8, 4) is 0 Å². The molecule has 0 saturated carbocycles. The van der Waals surface area contributed by atoms with Crippen molar-refractivity contribution in [1.29, 1.82) is 0 Å². The molecule has 5 heteroatoms. The molecule has 3 aromatic rings. The van der Waals surface area contributed by atoms with Gasteiger partial charge in [-0.3, -0.25) is 4.79 Å². The van der Waals surface area contributed by atoms with Crippen LogP contribution in [0.1, 0.15) is 16.8 Å². The van der Waals surface area contributed by atoms with E-state index in [1.807, 2.05) is 48.0 Å². The summed E-state index contributed by atoms with van der Waals surface area (Å²) in [6, 6.07) is 11.4. The van der Waals surface area contributed by atoms with Crippen molar-refractivity contribution in [3.63, 3.8) is 0 Å². The first-order valence-electron chi connectivity index (χ1n) is 7.76. The zero-order valence-corrected chi connectivity index (χ0v) is 14.1. The molecule has 0 spiro atoms. The molecule has 0 aliphatic carbocycles. The van der Waals surface area contributed by atoms with Crippen LogP contribution < -0.4 is 5.32 Å². The average Bonchev–Trinajstić information content (AvgIpc) is 2.96. The van der Waals surface area contributed by atoms with E-state index in [2.05, 4.69) is 10.3 Å². The molecule has 2 heterocycles. The number of carbonyl (C=O) groups excluding carboxylic acids is 1. The molecule has 3 rings (SSSR count). The lowest BCUT2D eigenvalue weighted by atomic mass is 10.2. The van der Waals surface area contributed by atoms with Crippen LogP contribution in [-0.4, -0.2) is 21.8 Å². The van der Waals surface area contributed by atoms with Crippen molar-refractivity contribution < 1.29 is 4.79 Å². The number of carbonyl (C=O) groups is 1. The molecular weight excluding hydrogens is 322 g/mol. The van der Waals surface area contributed by atoms with Gasteiger partial charge in [-0.2, -0.15) is 0 Å². The number of rotatable bonds is 5. The molecule has 2 aromatic heterocycles. The summed E-state index contributed by atoms with van der Waals surface area (Å²) in [5.74, 6) is -0.121. The third-order valence-corrected chi connectivity index (χ3v) is 3.88. The van der Waals surface area contributed by atoms with Crippen LogP contribution in [0.5, 0.6) is 0 Å². The number of hydrogen-bond donors (Lipinski definition) is 1. The monoisotopic (exact) mass is 339 g/mol. The van der Waals surface area contributed by atoms with Crippen LogP contribution in [0.4, 0.5) is 0 Å². The Hall–Kier alpha value is -2.59. The van der Waals surface area contributed by atoms with E-state index in [0.717, 1.165) is 16.9 Å². The summed E-state index contributed by atoms with van der Waals surface area (Å²) < 4.78 is 2.01. The second kappa shape index (κ2) is 7.32. The van der Waals surface area contributed by atoms with Crippen molar-refractivity contribution in [2.75, 3.05) is 6.54 Å². The van der Waals surface area contributed by atoms with Crippen molar-refractivity contribution in [3.05, 3.63) is 76.7 Å². The van der Waals surface area contributed by atoms with Crippen molar-refractivity contribution in [2.45, 2.75) is 13.3 Å². The van der Waals surface area contributed by atoms with Gasteiger partial charge in [-0.1, -0.05) is 29.8 Å². The van der Waals surface area contributed by atoms with E-state index in [1.54, 1.807) is 18.2 Å². The third kappa shape index (κ3) is 4.24. The molecule has 0 saturated heterocycles. The van der Waals surface area contributed by atoms with Gasteiger partial charge in [0.2, 0.25) is 5.91 Å². The highest BCUT2D eigenvalue weighted by Gasteiger charge is 2.02. The maximum atomic E-state index is 11.8. The van der Waals surface area contributed by atoms with Crippen LogP contribution in [0.2, 0.25) is 5.02 Å². The first kappa shape index (κ1) is 16.3. The number of nitrogens with zero attached hydrogens (tertiary/aromatic N) is 2. The number of pyridine rings is 1. The second-order valence-electron chi connectivity index (χ2n) is 5.63. The Kier molecular flexibility index (Phi) is 4.96. The minimum Gasteiger partial charge on any atom is -0.352 e. The topological polar surface area (TPSA) is 46.4 Å². The minimum atomic E-state index is -0.121. The molecule has 0 aliphatic rings. The standard InChI is InChI=1S/C19H18ClN3O/c1-14-2-8-18-22-17(13-23(18)12-14)10-11-21-19(24)9-5-15-3-6-16(20)7-4-15/h2-9,12-13H,10-11H2,1H3,(H,21,24)/b9-5+. The van der Waals surface area contributed by atoms with E-state index in [-0.39, 0.29) is 5.91 Å². The van der Waals surface area contributed by atoms with Crippen LogP contribution in [0.3, 0.4) is 0 Å². The van der Waals surface area contributed by atoms with Crippen molar-refractivity contribution in [1.82, 2.24) is 14.7 Å². The van der Waals surface area contributed by atoms with Gasteiger partial charge in [0.15, 0.2) is 0 Å². The number of hydrogen-bond acceptors (Lipinski definition) is 2. The van der Waals surface area contributed by atoms with E-state index < -0.39 is 0 Å². The molecule has 122 valence electrons. The molecule has 0 fully saturated rings. The molecular formula is C19H18ClN3O. The molecule has 0 bridgehead atoms. The Morgan fingerprint density at radius 3 is 2.79 bits per heavy atom. The van der Waals surface area contributed by atoms with Crippen molar-refractivity contribution >= 4 is 29.2 Å². The number of fused-ring (bicyclic) bond motifs is 1. The first-order valence-corrected chi connectivity index (χ1v) is 8.14. The molecule has 0 aliphatic heterocycles. The molecule has 0 unspecified atom stereocenters. The number of aromatic nitrogens is 2. The van der Waals surface area contributed by atoms with Crippen LogP contribution >= 0.6 is 11.6 Å². The van der Waals surface area contributed by atoms with Gasteiger partial charge in [-0.15, -0.1) is 0 Å². The number of amides is 1. The van der Waals surface area contributed by atoms with Gasteiger partial charge in [0.1, 0.15) is 5.65 Å². The van der Waals surface area contributed by atoms with Gasteiger partial charge in [0, 0.05) is 36.5 Å². The molecule has 0 radical (unpaired) electrons. The number of imidazole rings is 1. The van der Waals surface area contributed by atoms with Crippen LogP contribution in [0, 0.1) is 6.92 Å². The van der Waals surface area contributed by atoms with E-state index in [9.17, 15) is 4.79 Å². The highest BCUT2D eigenvalue weighted by Crippen LogP contribution is 2.10. The highest BCUT2D eigenvalue weighted by molar-refractivity contribution is 6.30. The lowest BCUT2D eigenvalue weighted by Gasteiger charge is -1.99. The van der Waals surface area contributed by atoms with Gasteiger partial charge in [0.05, 0.1) is 5.69 Å². The SMILES string of the molecule is Cc1ccc2nc(CCNC(=O)/C=C/c3ccc(Cl)cc3)cn2c1. The number of halogens is 1. The number of aryl methyl sites for hydroxylation is 1. The Morgan fingerprint density at radius 2 is 2.00 bits per heavy atom. The molecule has 0 atom stereocenters. The Bertz CT molecular complexity index is 881. The summed E-state index contributed by atoms with van der Waals surface area (Å²) in [5.41, 5.74) is 4.00. The quantitative estimate of drug-likeness (QED) is 0.721. The van der Waals surface area contributed by atoms with Gasteiger partial charge in [-0.25, -0.2) is 4.98 Å². The molecule has 24 heavy (non-hydrogen) atoms. The average molecular weight is 340 g/mol. The van der Waals surface area contributed by atoms with E-state index in [4.69, 9.17) is 11.6 Å². The van der Waals surface area contributed by atoms with Crippen LogP contribution in [0.25, 0.3) is 11.7 Å². The summed E-state index contributed by atoms with van der Waals surface area (Å²) in [6.07, 6.45) is 8.02. The normalized spacial score (nSPS) is 11.2. The summed E-state index contributed by atoms with van der Waals surface area (Å²) in [6.45, 7) is 2.60. The lowest BCUT2D eigenvalue weighted by molar-refractivity contribution is -0.116. The second-order valence-corrected chi connectivity index (χ2v) is 6.07. The molecule has 4 nitrogen and oxygen atoms in total. The predicted octanol–water partition coefficient (Wildman–Crippen LogP) is 3.67. The van der Waals surface area contributed by atoms with Gasteiger partial charge >= 0.3 is 0 Å². The molecule has 1 amide bonds. The largest absolute Gasteiger partial charge is 0.352 e. The van der Waals surface area contributed by atoms with Crippen molar-refractivity contribution in [2.24, 2.45) is 0 Å². The Morgan fingerprint density at radius 1 is 1.21 bits per heavy atom. The van der Waals surface area contributed by atoms with E-state index in [0.29, 0.717) is 18.0 Å². The minimum absolute atomic E-state index is 0.121. The van der Waals surface area contributed by atoms with E-state index in [1.165, 1.54) is 11.6 Å². The zero-order valence-electron chi connectivity index (χ0n) is 13.4. The summed E-state index contributed by atoms with van der Waals surface area (Å²) in [7, 11) is 0. The van der Waals surface area contributed by atoms with Crippen LogP contribution in [-0.2, 0) is 11.2 Å². The van der Waals surface area contributed by atoms with Gasteiger partial charge in [0.25, 0.3) is 0 Å². The predicted molar refractivity (Wildman–Crippen MR) is 97.1 cm³/mol. The maximum absolute atomic E-state index is 11.8. The third-order valence-electron chi connectivity index (χ3n) is 3.63. The van der Waals surface area contributed by atoms with Gasteiger partial charge < -0.3 is 9.72 Å². The number of benzene rings is 1. The summed E-state index contributed by atoms with van der Waals surface area (Å²) in [5, 5.41) is 3.55. The fraction of sp³-hybridized carbons (Fsp3) is 0.158. The van der Waals surface area contributed by atoms with Crippen LogP contribution in [0.15, 0.2) is 54.9 Å². The Labute approximate surface area is 145 Å². The molecule has 1 aromatic carbocycles. The maximum Gasteiger partial charge on any atom is 0.244 e. The highest BCUT2D eigenvalue weighted by atomic mass is 35.5. The smallest absolute Gasteiger partial charge is 0.244 e. The molecule has 1 N–H and O–H groups in total. The zero-order chi connectivity index (χ0) is 16.9.